The number of aliphatic hydroxyl groups is 1. The molecule has 0 aliphatic rings. The van der Waals surface area contributed by atoms with Gasteiger partial charge in [-0.15, -0.1) is 0 Å². The predicted molar refractivity (Wildman–Crippen MR) is 55.7 cm³/mol. The molecule has 17 heavy (non-hydrogen) atoms. The summed E-state index contributed by atoms with van der Waals surface area (Å²) in [6.07, 6.45) is -1.54. The van der Waals surface area contributed by atoms with Crippen molar-refractivity contribution in [1.82, 2.24) is 0 Å². The molecule has 2 N–H and O–H groups in total. The van der Waals surface area contributed by atoms with Crippen molar-refractivity contribution in [3.63, 3.8) is 0 Å². The third kappa shape index (κ3) is 2.41. The molecular weight excluding hydrogens is 226 g/mol. The van der Waals surface area contributed by atoms with Crippen molar-refractivity contribution >= 4 is 12.3 Å². The van der Waals surface area contributed by atoms with Crippen LogP contribution in [0.2, 0.25) is 0 Å². The Morgan fingerprint density at radius 3 is 2.65 bits per heavy atom. The number of ether oxygens (including phenoxy) is 1. The molecule has 1 rings (SSSR count). The van der Waals surface area contributed by atoms with Crippen molar-refractivity contribution in [1.29, 1.82) is 5.26 Å². The SMILES string of the molecule is COc1cc(C#N)c(C=O)c(C(O)C(=O)O)c1. The molecule has 0 bridgehead atoms. The van der Waals surface area contributed by atoms with E-state index < -0.39 is 12.1 Å². The van der Waals surface area contributed by atoms with Crippen LogP contribution in [0.3, 0.4) is 0 Å². The Morgan fingerprint density at radius 2 is 2.24 bits per heavy atom. The third-order valence-corrected chi connectivity index (χ3v) is 2.19. The van der Waals surface area contributed by atoms with E-state index in [1.165, 1.54) is 19.2 Å². The van der Waals surface area contributed by atoms with Gasteiger partial charge in [-0.1, -0.05) is 0 Å². The number of carbonyl (C=O) groups is 2. The quantitative estimate of drug-likeness (QED) is 0.735. The Morgan fingerprint density at radius 1 is 1.59 bits per heavy atom. The second-order valence-electron chi connectivity index (χ2n) is 3.15. The zero-order valence-corrected chi connectivity index (χ0v) is 8.88. The second kappa shape index (κ2) is 5.09. The normalized spacial score (nSPS) is 11.4. The Bertz CT molecular complexity index is 503. The maximum absolute atomic E-state index is 10.8. The lowest BCUT2D eigenvalue weighted by Gasteiger charge is -2.11. The number of nitrogens with zero attached hydrogens (tertiary/aromatic N) is 1. The molecule has 0 radical (unpaired) electrons. The van der Waals surface area contributed by atoms with Crippen molar-refractivity contribution in [3.8, 4) is 11.8 Å². The summed E-state index contributed by atoms with van der Waals surface area (Å²) in [6, 6.07) is 4.25. The molecule has 0 amide bonds. The standard InChI is InChI=1S/C11H9NO5/c1-17-7-2-6(4-12)9(5-13)8(3-7)10(14)11(15)16/h2-3,5,10,14H,1H3,(H,15,16). The van der Waals surface area contributed by atoms with Crippen LogP contribution in [0.1, 0.15) is 27.6 Å². The van der Waals surface area contributed by atoms with Crippen LogP contribution < -0.4 is 4.74 Å². The molecule has 6 nitrogen and oxygen atoms in total. The minimum Gasteiger partial charge on any atom is -0.497 e. The van der Waals surface area contributed by atoms with Crippen LogP contribution in [0.4, 0.5) is 0 Å². The Balaban J connectivity index is 3.51. The summed E-state index contributed by atoms with van der Waals surface area (Å²) < 4.78 is 4.86. The van der Waals surface area contributed by atoms with Gasteiger partial charge in [0.2, 0.25) is 0 Å². The molecule has 1 unspecified atom stereocenters. The molecule has 0 aromatic heterocycles. The molecule has 0 saturated heterocycles. The highest BCUT2D eigenvalue weighted by atomic mass is 16.5. The van der Waals surface area contributed by atoms with Gasteiger partial charge in [0.05, 0.1) is 12.7 Å². The maximum atomic E-state index is 10.8. The Hall–Kier alpha value is -2.39. The van der Waals surface area contributed by atoms with E-state index in [1.807, 2.05) is 0 Å². The molecule has 1 aromatic rings. The van der Waals surface area contributed by atoms with Gasteiger partial charge in [-0.2, -0.15) is 5.26 Å². The van der Waals surface area contributed by atoms with Gasteiger partial charge in [0.15, 0.2) is 12.4 Å². The second-order valence-corrected chi connectivity index (χ2v) is 3.15. The van der Waals surface area contributed by atoms with Crippen LogP contribution in [-0.4, -0.2) is 29.6 Å². The summed E-state index contributed by atoms with van der Waals surface area (Å²) in [4.78, 5) is 21.5. The lowest BCUT2D eigenvalue weighted by atomic mass is 9.98. The van der Waals surface area contributed by atoms with Gasteiger partial charge in [-0.25, -0.2) is 4.79 Å². The summed E-state index contributed by atoms with van der Waals surface area (Å²) in [5.74, 6) is -1.31. The van der Waals surface area contributed by atoms with Crippen LogP contribution in [0.25, 0.3) is 0 Å². The third-order valence-electron chi connectivity index (χ3n) is 2.19. The molecule has 0 heterocycles. The van der Waals surface area contributed by atoms with Gasteiger partial charge in [-0.05, 0) is 12.1 Å². The first-order valence-electron chi connectivity index (χ1n) is 4.53. The molecule has 0 fully saturated rings. The number of hydrogen-bond donors (Lipinski definition) is 2. The molecule has 0 aliphatic heterocycles. The van der Waals surface area contributed by atoms with E-state index in [-0.39, 0.29) is 22.4 Å². The van der Waals surface area contributed by atoms with E-state index in [9.17, 15) is 14.7 Å². The van der Waals surface area contributed by atoms with Crippen LogP contribution in [0.5, 0.6) is 5.75 Å². The van der Waals surface area contributed by atoms with Gasteiger partial charge >= 0.3 is 5.97 Å². The van der Waals surface area contributed by atoms with Gasteiger partial charge < -0.3 is 14.9 Å². The van der Waals surface area contributed by atoms with Crippen molar-refractivity contribution in [2.45, 2.75) is 6.10 Å². The molecule has 88 valence electrons. The minimum atomic E-state index is -1.88. The number of carbonyl (C=O) groups excluding carboxylic acids is 1. The molecule has 0 saturated carbocycles. The van der Waals surface area contributed by atoms with E-state index in [0.717, 1.165) is 0 Å². The van der Waals surface area contributed by atoms with E-state index in [1.54, 1.807) is 6.07 Å². The van der Waals surface area contributed by atoms with E-state index in [4.69, 9.17) is 15.1 Å². The van der Waals surface area contributed by atoms with Gasteiger partial charge in [-0.3, -0.25) is 4.79 Å². The highest BCUT2D eigenvalue weighted by Crippen LogP contribution is 2.26. The van der Waals surface area contributed by atoms with Crippen LogP contribution in [-0.2, 0) is 4.79 Å². The molecule has 0 aliphatic carbocycles. The van der Waals surface area contributed by atoms with Crippen molar-refractivity contribution < 1.29 is 24.5 Å². The molecule has 0 spiro atoms. The number of benzene rings is 1. The molecule has 6 heteroatoms. The maximum Gasteiger partial charge on any atom is 0.337 e. The first-order chi connectivity index (χ1) is 8.04. The van der Waals surface area contributed by atoms with E-state index in [0.29, 0.717) is 6.29 Å². The fraction of sp³-hybridized carbons (Fsp3) is 0.182. The fourth-order valence-electron chi connectivity index (χ4n) is 1.35. The minimum absolute atomic E-state index is 0.0466. The van der Waals surface area contributed by atoms with Crippen LogP contribution in [0, 0.1) is 11.3 Å². The van der Waals surface area contributed by atoms with Crippen molar-refractivity contribution in [2.24, 2.45) is 0 Å². The Kier molecular flexibility index (Phi) is 3.80. The summed E-state index contributed by atoms with van der Waals surface area (Å²) >= 11 is 0. The first-order valence-corrected chi connectivity index (χ1v) is 4.53. The number of aliphatic hydroxyl groups excluding tert-OH is 1. The predicted octanol–water partition coefficient (Wildman–Crippen LogP) is 0.497. The number of rotatable bonds is 4. The van der Waals surface area contributed by atoms with Crippen LogP contribution in [0.15, 0.2) is 12.1 Å². The number of carboxylic acids is 1. The fourth-order valence-corrected chi connectivity index (χ4v) is 1.35. The summed E-state index contributed by atoms with van der Waals surface area (Å²) in [7, 11) is 1.33. The number of nitriles is 1. The topological polar surface area (TPSA) is 108 Å². The largest absolute Gasteiger partial charge is 0.497 e. The van der Waals surface area contributed by atoms with E-state index >= 15 is 0 Å². The Labute approximate surface area is 96.7 Å². The van der Waals surface area contributed by atoms with E-state index in [2.05, 4.69) is 0 Å². The summed E-state index contributed by atoms with van der Waals surface area (Å²) in [5, 5.41) is 26.9. The zero-order valence-electron chi connectivity index (χ0n) is 8.88. The number of hydrogen-bond acceptors (Lipinski definition) is 5. The number of aldehydes is 1. The lowest BCUT2D eigenvalue weighted by Crippen LogP contribution is -2.13. The van der Waals surface area contributed by atoms with Gasteiger partial charge in [0, 0.05) is 11.1 Å². The van der Waals surface area contributed by atoms with Gasteiger partial charge in [0.1, 0.15) is 11.8 Å². The molecule has 1 atom stereocenters. The zero-order chi connectivity index (χ0) is 13.0. The number of carboxylic acid groups (broad SMARTS) is 1. The summed E-state index contributed by atoms with van der Waals surface area (Å²) in [5.41, 5.74) is -0.360. The average molecular weight is 235 g/mol. The average Bonchev–Trinajstić information content (AvgIpc) is 2.35. The highest BCUT2D eigenvalue weighted by molar-refractivity contribution is 5.86. The number of methoxy groups -OCH3 is 1. The van der Waals surface area contributed by atoms with Crippen molar-refractivity contribution in [2.75, 3.05) is 7.11 Å². The molecular formula is C11H9NO5. The lowest BCUT2D eigenvalue weighted by molar-refractivity contribution is -0.146. The monoisotopic (exact) mass is 235 g/mol. The van der Waals surface area contributed by atoms with Crippen LogP contribution >= 0.6 is 0 Å². The smallest absolute Gasteiger partial charge is 0.337 e. The first kappa shape index (κ1) is 12.7. The van der Waals surface area contributed by atoms with Crippen molar-refractivity contribution in [3.05, 3.63) is 28.8 Å². The molecule has 1 aromatic carbocycles. The highest BCUT2D eigenvalue weighted by Gasteiger charge is 2.22. The number of aliphatic carboxylic acids is 1. The van der Waals surface area contributed by atoms with Gasteiger partial charge in [0.25, 0.3) is 0 Å². The summed E-state index contributed by atoms with van der Waals surface area (Å²) in [6.45, 7) is 0.